The molecule has 0 N–H and O–H groups in total. The van der Waals surface area contributed by atoms with E-state index in [2.05, 4.69) is 6.07 Å². The van der Waals surface area contributed by atoms with E-state index < -0.39 is 0 Å². The molecule has 0 aliphatic carbocycles. The lowest BCUT2D eigenvalue weighted by atomic mass is 9.98. The summed E-state index contributed by atoms with van der Waals surface area (Å²) < 4.78 is 10.8. The van der Waals surface area contributed by atoms with Crippen LogP contribution >= 0.6 is 0 Å². The molecule has 1 atom stereocenters. The Bertz CT molecular complexity index is 699. The summed E-state index contributed by atoms with van der Waals surface area (Å²) in [6, 6.07) is 15.6. The van der Waals surface area contributed by atoms with E-state index in [9.17, 15) is 4.79 Å². The Morgan fingerprint density at radius 3 is 2.73 bits per heavy atom. The average Bonchev–Trinajstić information content (AvgIpc) is 3.23. The number of fused-ring (bicyclic) bond motifs is 1. The standard InChI is InChI=1S/C18H17NO3/c20-18(13-4-2-1-3-5-13)19-9-8-15(11-19)14-6-7-16-17(10-14)22-12-21-16/h1-7,10,15H,8-9,11-12H2. The molecule has 2 aliphatic rings. The average molecular weight is 295 g/mol. The zero-order valence-electron chi connectivity index (χ0n) is 12.2. The fourth-order valence-electron chi connectivity index (χ4n) is 3.15. The van der Waals surface area contributed by atoms with E-state index in [1.54, 1.807) is 0 Å². The van der Waals surface area contributed by atoms with Crippen LogP contribution in [0.5, 0.6) is 11.5 Å². The maximum Gasteiger partial charge on any atom is 0.253 e. The Morgan fingerprint density at radius 1 is 1.05 bits per heavy atom. The second-order valence-corrected chi connectivity index (χ2v) is 5.72. The van der Waals surface area contributed by atoms with Gasteiger partial charge in [0.05, 0.1) is 0 Å². The van der Waals surface area contributed by atoms with Crippen molar-refractivity contribution < 1.29 is 14.3 Å². The summed E-state index contributed by atoms with van der Waals surface area (Å²) in [5.74, 6) is 2.09. The first-order chi connectivity index (χ1) is 10.8. The fraction of sp³-hybridized carbons (Fsp3) is 0.278. The third-order valence-corrected chi connectivity index (χ3v) is 4.36. The van der Waals surface area contributed by atoms with Gasteiger partial charge in [-0.05, 0) is 36.2 Å². The molecule has 112 valence electrons. The lowest BCUT2D eigenvalue weighted by Crippen LogP contribution is -2.28. The second kappa shape index (κ2) is 5.37. The molecule has 4 rings (SSSR count). The van der Waals surface area contributed by atoms with Crippen LogP contribution in [0.4, 0.5) is 0 Å². The van der Waals surface area contributed by atoms with E-state index >= 15 is 0 Å². The molecule has 22 heavy (non-hydrogen) atoms. The molecule has 1 amide bonds. The number of likely N-dealkylation sites (tertiary alicyclic amines) is 1. The molecule has 0 aromatic heterocycles. The van der Waals surface area contributed by atoms with Crippen LogP contribution in [-0.2, 0) is 0 Å². The molecule has 2 aromatic rings. The van der Waals surface area contributed by atoms with Gasteiger partial charge in [-0.25, -0.2) is 0 Å². The first-order valence-electron chi connectivity index (χ1n) is 7.55. The lowest BCUT2D eigenvalue weighted by Gasteiger charge is -2.17. The smallest absolute Gasteiger partial charge is 0.253 e. The molecular weight excluding hydrogens is 278 g/mol. The van der Waals surface area contributed by atoms with E-state index in [1.165, 1.54) is 5.56 Å². The van der Waals surface area contributed by atoms with Crippen LogP contribution in [0.1, 0.15) is 28.3 Å². The Kier molecular flexibility index (Phi) is 3.22. The van der Waals surface area contributed by atoms with Crippen LogP contribution in [0.15, 0.2) is 48.5 Å². The Hall–Kier alpha value is -2.49. The van der Waals surface area contributed by atoms with Crippen molar-refractivity contribution in [1.82, 2.24) is 4.90 Å². The summed E-state index contributed by atoms with van der Waals surface area (Å²) in [5.41, 5.74) is 1.97. The van der Waals surface area contributed by atoms with Gasteiger partial charge in [-0.15, -0.1) is 0 Å². The molecule has 4 nitrogen and oxygen atoms in total. The summed E-state index contributed by atoms with van der Waals surface area (Å²) in [4.78, 5) is 14.4. The highest BCUT2D eigenvalue weighted by molar-refractivity contribution is 5.94. The maximum atomic E-state index is 12.5. The van der Waals surface area contributed by atoms with Crippen molar-refractivity contribution >= 4 is 5.91 Å². The van der Waals surface area contributed by atoms with Gasteiger partial charge >= 0.3 is 0 Å². The highest BCUT2D eigenvalue weighted by Crippen LogP contribution is 2.37. The number of amides is 1. The van der Waals surface area contributed by atoms with E-state index in [-0.39, 0.29) is 5.91 Å². The predicted molar refractivity (Wildman–Crippen MR) is 82.3 cm³/mol. The largest absolute Gasteiger partial charge is 0.454 e. The second-order valence-electron chi connectivity index (χ2n) is 5.72. The van der Waals surface area contributed by atoms with E-state index in [0.29, 0.717) is 12.7 Å². The highest BCUT2D eigenvalue weighted by Gasteiger charge is 2.29. The van der Waals surface area contributed by atoms with Crippen molar-refractivity contribution in [3.05, 3.63) is 59.7 Å². The number of benzene rings is 2. The van der Waals surface area contributed by atoms with Gasteiger partial charge in [-0.3, -0.25) is 4.79 Å². The first-order valence-corrected chi connectivity index (χ1v) is 7.55. The SMILES string of the molecule is O=C(c1ccccc1)N1CCC(c2ccc3c(c2)OCO3)C1. The van der Waals surface area contributed by atoms with Crippen molar-refractivity contribution in [3.63, 3.8) is 0 Å². The number of carbonyl (C=O) groups excluding carboxylic acids is 1. The molecule has 2 aliphatic heterocycles. The van der Waals surface area contributed by atoms with Crippen LogP contribution in [0, 0.1) is 0 Å². The Labute approximate surface area is 129 Å². The van der Waals surface area contributed by atoms with Crippen LogP contribution in [-0.4, -0.2) is 30.7 Å². The quantitative estimate of drug-likeness (QED) is 0.855. The zero-order valence-corrected chi connectivity index (χ0v) is 12.2. The fourth-order valence-corrected chi connectivity index (χ4v) is 3.15. The van der Waals surface area contributed by atoms with Gasteiger partial charge in [-0.2, -0.15) is 0 Å². The van der Waals surface area contributed by atoms with Crippen LogP contribution < -0.4 is 9.47 Å². The zero-order chi connectivity index (χ0) is 14.9. The van der Waals surface area contributed by atoms with Crippen molar-refractivity contribution in [2.24, 2.45) is 0 Å². The van der Waals surface area contributed by atoms with E-state index in [0.717, 1.165) is 36.6 Å². The number of ether oxygens (including phenoxy) is 2. The molecule has 2 heterocycles. The topological polar surface area (TPSA) is 38.8 Å². The Morgan fingerprint density at radius 2 is 1.86 bits per heavy atom. The van der Waals surface area contributed by atoms with Gasteiger partial charge in [0, 0.05) is 24.6 Å². The molecule has 4 heteroatoms. The van der Waals surface area contributed by atoms with Gasteiger partial charge in [0.15, 0.2) is 11.5 Å². The van der Waals surface area contributed by atoms with Crippen LogP contribution in [0.3, 0.4) is 0 Å². The van der Waals surface area contributed by atoms with Gasteiger partial charge in [0.1, 0.15) is 0 Å². The highest BCUT2D eigenvalue weighted by atomic mass is 16.7. The monoisotopic (exact) mass is 295 g/mol. The van der Waals surface area contributed by atoms with Crippen LogP contribution in [0.2, 0.25) is 0 Å². The number of rotatable bonds is 2. The van der Waals surface area contributed by atoms with E-state index in [1.807, 2.05) is 47.4 Å². The number of carbonyl (C=O) groups is 1. The Balaban J connectivity index is 1.49. The molecule has 1 saturated heterocycles. The van der Waals surface area contributed by atoms with Gasteiger partial charge in [0.2, 0.25) is 6.79 Å². The van der Waals surface area contributed by atoms with Crippen molar-refractivity contribution in [1.29, 1.82) is 0 Å². The minimum absolute atomic E-state index is 0.115. The molecule has 0 saturated carbocycles. The summed E-state index contributed by atoms with van der Waals surface area (Å²) in [6.07, 6.45) is 0.984. The van der Waals surface area contributed by atoms with Crippen molar-refractivity contribution in [2.75, 3.05) is 19.9 Å². The molecular formula is C18H17NO3. The van der Waals surface area contributed by atoms with Gasteiger partial charge in [0.25, 0.3) is 5.91 Å². The third kappa shape index (κ3) is 2.30. The third-order valence-electron chi connectivity index (χ3n) is 4.36. The minimum Gasteiger partial charge on any atom is -0.454 e. The normalized spacial score (nSPS) is 19.5. The predicted octanol–water partition coefficient (Wildman–Crippen LogP) is 3.05. The lowest BCUT2D eigenvalue weighted by molar-refractivity contribution is 0.0791. The molecule has 1 unspecified atom stereocenters. The van der Waals surface area contributed by atoms with Gasteiger partial charge in [-0.1, -0.05) is 24.3 Å². The summed E-state index contributed by atoms with van der Waals surface area (Å²) >= 11 is 0. The maximum absolute atomic E-state index is 12.5. The molecule has 2 aromatic carbocycles. The minimum atomic E-state index is 0.115. The molecule has 1 fully saturated rings. The number of hydrogen-bond donors (Lipinski definition) is 0. The summed E-state index contributed by atoms with van der Waals surface area (Å²) in [7, 11) is 0. The summed E-state index contributed by atoms with van der Waals surface area (Å²) in [6.45, 7) is 1.85. The molecule has 0 radical (unpaired) electrons. The van der Waals surface area contributed by atoms with E-state index in [4.69, 9.17) is 9.47 Å². The molecule has 0 bridgehead atoms. The first kappa shape index (κ1) is 13.2. The summed E-state index contributed by atoms with van der Waals surface area (Å²) in [5, 5.41) is 0. The molecule has 0 spiro atoms. The number of nitrogens with zero attached hydrogens (tertiary/aromatic N) is 1. The van der Waals surface area contributed by atoms with Gasteiger partial charge < -0.3 is 14.4 Å². The van der Waals surface area contributed by atoms with Crippen molar-refractivity contribution in [3.8, 4) is 11.5 Å². The number of hydrogen-bond acceptors (Lipinski definition) is 3. The van der Waals surface area contributed by atoms with Crippen molar-refractivity contribution in [2.45, 2.75) is 12.3 Å². The van der Waals surface area contributed by atoms with Crippen LogP contribution in [0.25, 0.3) is 0 Å².